The first kappa shape index (κ1) is 39.0. The van der Waals surface area contributed by atoms with E-state index in [1.165, 1.54) is 10.8 Å². The number of para-hydroxylation sites is 2. The van der Waals surface area contributed by atoms with Crippen LogP contribution in [0.1, 0.15) is 5.56 Å². The Balaban J connectivity index is 0.999. The van der Waals surface area contributed by atoms with Crippen LogP contribution in [0.15, 0.2) is 231 Å². The minimum atomic E-state index is 0.482. The summed E-state index contributed by atoms with van der Waals surface area (Å²) in [4.78, 5) is 15.3. The van der Waals surface area contributed by atoms with Gasteiger partial charge in [-0.15, -0.1) is 0 Å². The molecule has 68 heavy (non-hydrogen) atoms. The average Bonchev–Trinajstić information content (AvgIpc) is 3.94. The third-order valence-corrected chi connectivity index (χ3v) is 13.2. The molecule has 0 spiro atoms. The Kier molecular flexibility index (Phi) is 9.12. The van der Waals surface area contributed by atoms with Gasteiger partial charge >= 0.3 is 0 Å². The molecule has 0 fully saturated rings. The first-order valence-electron chi connectivity index (χ1n) is 22.7. The van der Waals surface area contributed by atoms with Gasteiger partial charge in [0.05, 0.1) is 39.0 Å². The van der Waals surface area contributed by atoms with Crippen molar-refractivity contribution >= 4 is 54.4 Å². The van der Waals surface area contributed by atoms with Crippen LogP contribution in [0.3, 0.4) is 0 Å². The fourth-order valence-electron chi connectivity index (χ4n) is 10.0. The lowest BCUT2D eigenvalue weighted by molar-refractivity contribution is 1.07. The van der Waals surface area contributed by atoms with E-state index in [1.807, 2.05) is 48.5 Å². The summed E-state index contributed by atoms with van der Waals surface area (Å²) in [6, 6.07) is 82.6. The molecule has 0 atom stereocenters. The van der Waals surface area contributed by atoms with Crippen molar-refractivity contribution in [1.29, 1.82) is 5.26 Å². The molecule has 0 unspecified atom stereocenters. The number of aromatic nitrogens is 5. The monoisotopic (exact) mass is 866 g/mol. The smallest absolute Gasteiger partial charge is 0.164 e. The molecule has 6 nitrogen and oxygen atoms in total. The standard InChI is InChI=1S/C62H38N6/c63-39-48-38-47(62-65-60(45-30-26-42(27-31-45)40-14-3-1-4-15-40)64-61(66-62)46-32-28-43(29-33-46)41-16-5-2-6-17-41)34-36-53(48)68-55-23-11-9-21-50(55)51-35-37-57-58(59(51)68)52-22-10-12-24-56(52)67(57)54-25-13-19-44-18-7-8-20-49(44)54/h1-38H. The third kappa shape index (κ3) is 6.37. The summed E-state index contributed by atoms with van der Waals surface area (Å²) in [5.74, 6) is 1.58. The second-order valence-electron chi connectivity index (χ2n) is 17.1. The molecule has 0 N–H and O–H groups in total. The molecule has 0 saturated carbocycles. The van der Waals surface area contributed by atoms with E-state index in [4.69, 9.17) is 15.0 Å². The van der Waals surface area contributed by atoms with Gasteiger partial charge in [-0.05, 0) is 70.1 Å². The van der Waals surface area contributed by atoms with Crippen LogP contribution < -0.4 is 0 Å². The molecule has 316 valence electrons. The SMILES string of the molecule is N#Cc1cc(-c2nc(-c3ccc(-c4ccccc4)cc3)nc(-c3ccc(-c4ccccc4)cc3)n2)ccc1-n1c2ccccc2c2ccc3c(c4ccccc4n3-c3cccc4ccccc34)c21. The van der Waals surface area contributed by atoms with Crippen LogP contribution in [-0.4, -0.2) is 24.1 Å². The van der Waals surface area contributed by atoms with Crippen molar-refractivity contribution in [2.45, 2.75) is 0 Å². The third-order valence-electron chi connectivity index (χ3n) is 13.2. The minimum Gasteiger partial charge on any atom is -0.309 e. The van der Waals surface area contributed by atoms with Gasteiger partial charge in [-0.3, -0.25) is 0 Å². The van der Waals surface area contributed by atoms with Gasteiger partial charge in [0.2, 0.25) is 0 Å². The van der Waals surface area contributed by atoms with Crippen LogP contribution in [0, 0.1) is 11.3 Å². The fourth-order valence-corrected chi connectivity index (χ4v) is 10.0. The molecular weight excluding hydrogens is 829 g/mol. The van der Waals surface area contributed by atoms with Crippen LogP contribution in [0.25, 0.3) is 122 Å². The quantitative estimate of drug-likeness (QED) is 0.160. The Labute approximate surface area is 391 Å². The highest BCUT2D eigenvalue weighted by atomic mass is 15.0. The second kappa shape index (κ2) is 15.9. The van der Waals surface area contributed by atoms with Crippen molar-refractivity contribution in [3.8, 4) is 73.9 Å². The summed E-state index contributed by atoms with van der Waals surface area (Å²) in [6.07, 6.45) is 0. The maximum atomic E-state index is 11.2. The average molecular weight is 867 g/mol. The molecule has 0 saturated heterocycles. The van der Waals surface area contributed by atoms with E-state index in [0.29, 0.717) is 23.0 Å². The summed E-state index contributed by atoms with van der Waals surface area (Å²) in [5.41, 5.74) is 13.6. The lowest BCUT2D eigenvalue weighted by Crippen LogP contribution is -2.02. The molecule has 0 amide bonds. The van der Waals surface area contributed by atoms with Crippen molar-refractivity contribution in [3.05, 3.63) is 236 Å². The van der Waals surface area contributed by atoms with Gasteiger partial charge in [0.15, 0.2) is 17.5 Å². The molecular formula is C62H38N6. The van der Waals surface area contributed by atoms with Crippen LogP contribution in [-0.2, 0) is 0 Å². The first-order valence-corrected chi connectivity index (χ1v) is 22.7. The molecule has 0 aliphatic carbocycles. The van der Waals surface area contributed by atoms with E-state index in [-0.39, 0.29) is 0 Å². The van der Waals surface area contributed by atoms with Gasteiger partial charge in [-0.25, -0.2) is 15.0 Å². The van der Waals surface area contributed by atoms with Gasteiger partial charge in [0.1, 0.15) is 6.07 Å². The fraction of sp³-hybridized carbons (Fsp3) is 0. The molecule has 13 rings (SSSR count). The Morgan fingerprint density at radius 2 is 0.809 bits per heavy atom. The molecule has 3 aromatic heterocycles. The normalized spacial score (nSPS) is 11.5. The Morgan fingerprint density at radius 3 is 1.44 bits per heavy atom. The summed E-state index contributed by atoms with van der Waals surface area (Å²) < 4.78 is 4.67. The Bertz CT molecular complexity index is 4020. The van der Waals surface area contributed by atoms with Crippen molar-refractivity contribution in [2.75, 3.05) is 0 Å². The molecule has 6 heteroatoms. The van der Waals surface area contributed by atoms with E-state index in [1.54, 1.807) is 0 Å². The van der Waals surface area contributed by atoms with E-state index in [0.717, 1.165) is 93.9 Å². The second-order valence-corrected chi connectivity index (χ2v) is 17.1. The number of nitrogens with zero attached hydrogens (tertiary/aromatic N) is 6. The number of rotatable bonds is 7. The van der Waals surface area contributed by atoms with Gasteiger partial charge in [0, 0.05) is 43.6 Å². The Morgan fingerprint density at radius 1 is 0.324 bits per heavy atom. The van der Waals surface area contributed by atoms with E-state index < -0.39 is 0 Å². The predicted molar refractivity (Wildman–Crippen MR) is 278 cm³/mol. The molecule has 13 aromatic rings. The minimum absolute atomic E-state index is 0.482. The zero-order valence-electron chi connectivity index (χ0n) is 36.6. The summed E-state index contributed by atoms with van der Waals surface area (Å²) in [5, 5.41) is 18.0. The lowest BCUT2D eigenvalue weighted by atomic mass is 10.0. The highest BCUT2D eigenvalue weighted by Crippen LogP contribution is 2.43. The van der Waals surface area contributed by atoms with Gasteiger partial charge in [-0.1, -0.05) is 188 Å². The first-order chi connectivity index (χ1) is 33.7. The van der Waals surface area contributed by atoms with Crippen LogP contribution in [0.5, 0.6) is 0 Å². The molecule has 10 aromatic carbocycles. The lowest BCUT2D eigenvalue weighted by Gasteiger charge is -2.14. The zero-order chi connectivity index (χ0) is 45.1. The number of nitriles is 1. The summed E-state index contributed by atoms with van der Waals surface area (Å²) in [6.45, 7) is 0. The van der Waals surface area contributed by atoms with E-state index >= 15 is 0 Å². The zero-order valence-corrected chi connectivity index (χ0v) is 36.6. The maximum absolute atomic E-state index is 11.2. The molecule has 0 aliphatic rings. The van der Waals surface area contributed by atoms with Crippen LogP contribution in [0.2, 0.25) is 0 Å². The molecule has 3 heterocycles. The topological polar surface area (TPSA) is 72.3 Å². The van der Waals surface area contributed by atoms with Gasteiger partial charge in [0.25, 0.3) is 0 Å². The van der Waals surface area contributed by atoms with Crippen molar-refractivity contribution < 1.29 is 0 Å². The molecule has 0 radical (unpaired) electrons. The Hall–Kier alpha value is -9.44. The summed E-state index contributed by atoms with van der Waals surface area (Å²) in [7, 11) is 0. The van der Waals surface area contributed by atoms with Crippen molar-refractivity contribution in [2.24, 2.45) is 0 Å². The van der Waals surface area contributed by atoms with Gasteiger partial charge in [-0.2, -0.15) is 5.26 Å². The highest BCUT2D eigenvalue weighted by molar-refractivity contribution is 6.26. The largest absolute Gasteiger partial charge is 0.309 e. The van der Waals surface area contributed by atoms with Crippen molar-refractivity contribution in [3.63, 3.8) is 0 Å². The van der Waals surface area contributed by atoms with E-state index in [9.17, 15) is 5.26 Å². The number of hydrogen-bond donors (Lipinski definition) is 0. The molecule has 0 bridgehead atoms. The van der Waals surface area contributed by atoms with Crippen LogP contribution >= 0.6 is 0 Å². The molecule has 0 aliphatic heterocycles. The number of fused-ring (bicyclic) bond motifs is 8. The van der Waals surface area contributed by atoms with Crippen molar-refractivity contribution in [1.82, 2.24) is 24.1 Å². The summed E-state index contributed by atoms with van der Waals surface area (Å²) >= 11 is 0. The van der Waals surface area contributed by atoms with Crippen LogP contribution in [0.4, 0.5) is 0 Å². The van der Waals surface area contributed by atoms with Gasteiger partial charge < -0.3 is 9.13 Å². The number of benzene rings is 10. The predicted octanol–water partition coefficient (Wildman–Crippen LogP) is 15.4. The van der Waals surface area contributed by atoms with E-state index in [2.05, 4.69) is 197 Å². The number of hydrogen-bond acceptors (Lipinski definition) is 4. The maximum Gasteiger partial charge on any atom is 0.164 e. The highest BCUT2D eigenvalue weighted by Gasteiger charge is 2.23.